The number of hydrogen-bond donors (Lipinski definition) is 4. The Hall–Kier alpha value is -3.66. The minimum absolute atomic E-state index is 0.167. The molecule has 2 aliphatic rings. The minimum Gasteiger partial charge on any atom is -0.340 e. The van der Waals surface area contributed by atoms with Gasteiger partial charge in [0.1, 0.15) is 17.3 Å². The number of aromatic amines is 2. The van der Waals surface area contributed by atoms with Gasteiger partial charge in [-0.2, -0.15) is 0 Å². The van der Waals surface area contributed by atoms with Crippen molar-refractivity contribution in [2.45, 2.75) is 31.8 Å². The number of nitrogens with one attached hydrogen (secondary N) is 4. The van der Waals surface area contributed by atoms with E-state index in [1.165, 1.54) is 22.8 Å². The molecule has 0 saturated carbocycles. The second-order valence-corrected chi connectivity index (χ2v) is 8.91. The number of benzene rings is 2. The summed E-state index contributed by atoms with van der Waals surface area (Å²) in [6, 6.07) is 13.3. The lowest BCUT2D eigenvalue weighted by Crippen LogP contribution is -2.15. The van der Waals surface area contributed by atoms with E-state index >= 15 is 0 Å². The Kier molecular flexibility index (Phi) is 5.06. The van der Waals surface area contributed by atoms with Gasteiger partial charge in [0.25, 0.3) is 0 Å². The van der Waals surface area contributed by atoms with Crippen LogP contribution in [0.1, 0.15) is 54.8 Å². The minimum atomic E-state index is 0.167. The SMILES string of the molecule is CC1=C[C@@H](c2ncc(-c3ccc4cc(C#Cc5cnc([C@@H]6CCCN6)[nH]5)ccc4c3)[nH]2)NC1. The highest BCUT2D eigenvalue weighted by molar-refractivity contribution is 5.88. The second-order valence-electron chi connectivity index (χ2n) is 8.91. The summed E-state index contributed by atoms with van der Waals surface area (Å²) in [5.74, 6) is 8.43. The highest BCUT2D eigenvalue weighted by Gasteiger charge is 2.19. The van der Waals surface area contributed by atoms with Crippen LogP contribution in [0, 0.1) is 11.8 Å². The molecule has 0 unspecified atom stereocenters. The van der Waals surface area contributed by atoms with Gasteiger partial charge in [-0.3, -0.25) is 0 Å². The summed E-state index contributed by atoms with van der Waals surface area (Å²) in [6.45, 7) is 4.11. The maximum Gasteiger partial charge on any atom is 0.127 e. The van der Waals surface area contributed by atoms with Crippen molar-refractivity contribution in [2.24, 2.45) is 0 Å². The van der Waals surface area contributed by atoms with Gasteiger partial charge < -0.3 is 20.6 Å². The Balaban J connectivity index is 1.21. The molecule has 164 valence electrons. The number of rotatable bonds is 3. The molecular weight excluding hydrogens is 408 g/mol. The van der Waals surface area contributed by atoms with Crippen LogP contribution < -0.4 is 10.6 Å². The van der Waals surface area contributed by atoms with E-state index in [9.17, 15) is 0 Å². The fraction of sp³-hybridized carbons (Fsp3) is 0.259. The van der Waals surface area contributed by atoms with Crippen LogP contribution in [0.4, 0.5) is 0 Å². The normalized spacial score (nSPS) is 20.1. The van der Waals surface area contributed by atoms with Crippen molar-refractivity contribution in [3.63, 3.8) is 0 Å². The zero-order valence-electron chi connectivity index (χ0n) is 18.6. The van der Waals surface area contributed by atoms with E-state index in [1.54, 1.807) is 0 Å². The van der Waals surface area contributed by atoms with Crippen LogP contribution in [0.2, 0.25) is 0 Å². The molecule has 4 heterocycles. The van der Waals surface area contributed by atoms with Gasteiger partial charge in [0.15, 0.2) is 0 Å². The predicted octanol–water partition coefficient (Wildman–Crippen LogP) is 4.37. The first-order valence-electron chi connectivity index (χ1n) is 11.5. The third kappa shape index (κ3) is 4.09. The summed E-state index contributed by atoms with van der Waals surface area (Å²) in [6.07, 6.45) is 8.29. The molecule has 6 heteroatoms. The first kappa shape index (κ1) is 20.0. The summed E-state index contributed by atoms with van der Waals surface area (Å²) in [4.78, 5) is 15.9. The molecule has 1 fully saturated rings. The maximum atomic E-state index is 4.59. The number of imidazole rings is 2. The molecule has 0 spiro atoms. The number of fused-ring (bicyclic) bond motifs is 1. The topological polar surface area (TPSA) is 81.4 Å². The smallest absolute Gasteiger partial charge is 0.127 e. The van der Waals surface area contributed by atoms with Gasteiger partial charge in [0, 0.05) is 17.7 Å². The van der Waals surface area contributed by atoms with Gasteiger partial charge in [0.2, 0.25) is 0 Å². The van der Waals surface area contributed by atoms with Crippen molar-refractivity contribution in [3.8, 4) is 23.1 Å². The number of H-pyrrole nitrogens is 2. The molecule has 33 heavy (non-hydrogen) atoms. The van der Waals surface area contributed by atoms with Crippen molar-refractivity contribution < 1.29 is 0 Å². The Morgan fingerprint density at radius 3 is 2.64 bits per heavy atom. The van der Waals surface area contributed by atoms with Gasteiger partial charge >= 0.3 is 0 Å². The Morgan fingerprint density at radius 1 is 0.909 bits per heavy atom. The van der Waals surface area contributed by atoms with Gasteiger partial charge in [-0.1, -0.05) is 35.8 Å². The zero-order chi connectivity index (χ0) is 22.2. The van der Waals surface area contributed by atoms with Crippen LogP contribution in [0.25, 0.3) is 22.0 Å². The van der Waals surface area contributed by atoms with E-state index in [-0.39, 0.29) is 6.04 Å². The van der Waals surface area contributed by atoms with Gasteiger partial charge in [-0.25, -0.2) is 9.97 Å². The first-order chi connectivity index (χ1) is 16.2. The summed E-state index contributed by atoms with van der Waals surface area (Å²) < 4.78 is 0. The van der Waals surface area contributed by atoms with Crippen molar-refractivity contribution in [1.29, 1.82) is 0 Å². The molecule has 0 aliphatic carbocycles. The van der Waals surface area contributed by atoms with Crippen LogP contribution >= 0.6 is 0 Å². The summed E-state index contributed by atoms with van der Waals surface area (Å²) in [7, 11) is 0. The number of nitrogens with zero attached hydrogens (tertiary/aromatic N) is 2. The average Bonchev–Trinajstić information content (AvgIpc) is 3.64. The lowest BCUT2D eigenvalue weighted by Gasteiger charge is -2.05. The van der Waals surface area contributed by atoms with Crippen molar-refractivity contribution in [1.82, 2.24) is 30.6 Å². The largest absolute Gasteiger partial charge is 0.340 e. The summed E-state index contributed by atoms with van der Waals surface area (Å²) in [5.41, 5.74) is 5.35. The Bertz CT molecular complexity index is 1410. The van der Waals surface area contributed by atoms with Crippen LogP contribution in [-0.2, 0) is 0 Å². The van der Waals surface area contributed by atoms with E-state index in [0.717, 1.165) is 53.7 Å². The monoisotopic (exact) mass is 434 g/mol. The van der Waals surface area contributed by atoms with Gasteiger partial charge in [-0.15, -0.1) is 0 Å². The quantitative estimate of drug-likeness (QED) is 0.285. The molecule has 6 rings (SSSR count). The molecule has 0 amide bonds. The molecule has 0 bridgehead atoms. The van der Waals surface area contributed by atoms with E-state index in [0.29, 0.717) is 6.04 Å². The first-order valence-corrected chi connectivity index (χ1v) is 11.5. The maximum absolute atomic E-state index is 4.59. The van der Waals surface area contributed by atoms with Crippen molar-refractivity contribution in [3.05, 3.63) is 83.3 Å². The molecule has 1 saturated heterocycles. The molecule has 2 atom stereocenters. The van der Waals surface area contributed by atoms with Crippen LogP contribution in [0.3, 0.4) is 0 Å². The van der Waals surface area contributed by atoms with E-state index in [4.69, 9.17) is 0 Å². The van der Waals surface area contributed by atoms with Crippen LogP contribution in [0.5, 0.6) is 0 Å². The van der Waals surface area contributed by atoms with Gasteiger partial charge in [-0.05, 0) is 61.2 Å². The molecule has 0 radical (unpaired) electrons. The number of hydrogen-bond acceptors (Lipinski definition) is 4. The number of aromatic nitrogens is 4. The Morgan fingerprint density at radius 2 is 1.79 bits per heavy atom. The standard InChI is InChI=1S/C27H26N6/c1-17-11-24(29-14-17)27-31-16-25(33-27)21-8-7-19-12-18(4-6-20(19)13-21)5-9-22-15-30-26(32-22)23-3-2-10-28-23/h4,6-8,11-13,15-16,23-24,28-29H,2-3,10,14H2,1H3,(H,30,32)(H,31,33)/t23-,24-/m0/s1. The molecule has 4 aromatic rings. The molecule has 2 aliphatic heterocycles. The van der Waals surface area contributed by atoms with E-state index in [2.05, 4.69) is 91.8 Å². The van der Waals surface area contributed by atoms with Crippen LogP contribution in [-0.4, -0.2) is 33.0 Å². The third-order valence-corrected chi connectivity index (χ3v) is 6.42. The summed E-state index contributed by atoms with van der Waals surface area (Å²) >= 11 is 0. The molecule has 2 aromatic heterocycles. The third-order valence-electron chi connectivity index (χ3n) is 6.42. The fourth-order valence-corrected chi connectivity index (χ4v) is 4.62. The molecular formula is C27H26N6. The van der Waals surface area contributed by atoms with Crippen LogP contribution in [0.15, 0.2) is 60.4 Å². The average molecular weight is 435 g/mol. The predicted molar refractivity (Wildman–Crippen MR) is 131 cm³/mol. The zero-order valence-corrected chi connectivity index (χ0v) is 18.6. The van der Waals surface area contributed by atoms with E-state index in [1.807, 2.05) is 12.4 Å². The van der Waals surface area contributed by atoms with Crippen molar-refractivity contribution in [2.75, 3.05) is 13.1 Å². The highest BCUT2D eigenvalue weighted by Crippen LogP contribution is 2.26. The Labute approximate surface area is 192 Å². The second kappa shape index (κ2) is 8.36. The molecule has 2 aromatic carbocycles. The van der Waals surface area contributed by atoms with E-state index < -0.39 is 0 Å². The molecule has 6 nitrogen and oxygen atoms in total. The highest BCUT2D eigenvalue weighted by atomic mass is 15.0. The van der Waals surface area contributed by atoms with Crippen molar-refractivity contribution >= 4 is 10.8 Å². The fourth-order valence-electron chi connectivity index (χ4n) is 4.62. The lowest BCUT2D eigenvalue weighted by atomic mass is 10.0. The lowest BCUT2D eigenvalue weighted by molar-refractivity contribution is 0.612. The van der Waals surface area contributed by atoms with Gasteiger partial charge in [0.05, 0.1) is 30.2 Å². The summed E-state index contributed by atoms with van der Waals surface area (Å²) in [5, 5.41) is 9.26. The molecule has 4 N–H and O–H groups in total.